The Bertz CT molecular complexity index is 421. The summed E-state index contributed by atoms with van der Waals surface area (Å²) >= 11 is 3.08. The van der Waals surface area contributed by atoms with Crippen molar-refractivity contribution in [1.82, 2.24) is 5.32 Å². The van der Waals surface area contributed by atoms with Gasteiger partial charge in [-0.3, -0.25) is 4.79 Å². The molecule has 1 aliphatic rings. The van der Waals surface area contributed by atoms with Gasteiger partial charge in [0.25, 0.3) is 0 Å². The molecule has 3 nitrogen and oxygen atoms in total. The standard InChI is InChI=1S/C12H14BrFN2O/c13-10-7-9(3-4-11(10)14)16-12(17)5-6-15-8-1-2-8/h3-4,7-8,15H,1-2,5-6H2,(H,16,17). The Morgan fingerprint density at radius 1 is 1.47 bits per heavy atom. The second kappa shape index (κ2) is 5.60. The SMILES string of the molecule is O=C(CCNC1CC1)Nc1ccc(F)c(Br)c1. The van der Waals surface area contributed by atoms with E-state index in [1.165, 1.54) is 18.9 Å². The largest absolute Gasteiger partial charge is 0.326 e. The van der Waals surface area contributed by atoms with Gasteiger partial charge < -0.3 is 10.6 Å². The highest BCUT2D eigenvalue weighted by atomic mass is 79.9. The Labute approximate surface area is 108 Å². The second-order valence-electron chi connectivity index (χ2n) is 4.16. The van der Waals surface area contributed by atoms with E-state index in [4.69, 9.17) is 0 Å². The summed E-state index contributed by atoms with van der Waals surface area (Å²) in [7, 11) is 0. The number of benzene rings is 1. The highest BCUT2D eigenvalue weighted by Crippen LogP contribution is 2.20. The maximum Gasteiger partial charge on any atom is 0.225 e. The Hall–Kier alpha value is -0.940. The fourth-order valence-electron chi connectivity index (χ4n) is 1.47. The quantitative estimate of drug-likeness (QED) is 0.878. The van der Waals surface area contributed by atoms with Gasteiger partial charge in [0, 0.05) is 24.7 Å². The molecule has 0 aromatic heterocycles. The molecule has 0 bridgehead atoms. The number of nitrogens with one attached hydrogen (secondary N) is 2. The maximum absolute atomic E-state index is 13.0. The number of carbonyl (C=O) groups is 1. The van der Waals surface area contributed by atoms with Gasteiger partial charge in [-0.15, -0.1) is 0 Å². The van der Waals surface area contributed by atoms with Crippen LogP contribution >= 0.6 is 15.9 Å². The maximum atomic E-state index is 13.0. The Morgan fingerprint density at radius 2 is 2.24 bits per heavy atom. The van der Waals surface area contributed by atoms with Crippen molar-refractivity contribution in [3.63, 3.8) is 0 Å². The predicted molar refractivity (Wildman–Crippen MR) is 68.4 cm³/mol. The van der Waals surface area contributed by atoms with E-state index >= 15 is 0 Å². The van der Waals surface area contributed by atoms with Crippen LogP contribution in [0.5, 0.6) is 0 Å². The van der Waals surface area contributed by atoms with E-state index in [0.717, 1.165) is 0 Å². The van der Waals surface area contributed by atoms with Crippen LogP contribution in [0.25, 0.3) is 0 Å². The number of halogens is 2. The highest BCUT2D eigenvalue weighted by molar-refractivity contribution is 9.10. The summed E-state index contributed by atoms with van der Waals surface area (Å²) in [6.45, 7) is 0.693. The first-order valence-corrected chi connectivity index (χ1v) is 6.43. The summed E-state index contributed by atoms with van der Waals surface area (Å²) in [5.74, 6) is -0.393. The molecule has 0 spiro atoms. The van der Waals surface area contributed by atoms with Gasteiger partial charge in [0.15, 0.2) is 0 Å². The topological polar surface area (TPSA) is 41.1 Å². The zero-order valence-electron chi connectivity index (χ0n) is 9.30. The third-order valence-electron chi connectivity index (χ3n) is 2.57. The molecule has 1 amide bonds. The summed E-state index contributed by atoms with van der Waals surface area (Å²) in [5, 5.41) is 5.99. The minimum absolute atomic E-state index is 0.0586. The first-order chi connectivity index (χ1) is 8.15. The molecular weight excluding hydrogens is 287 g/mol. The lowest BCUT2D eigenvalue weighted by Gasteiger charge is -2.06. The molecule has 0 heterocycles. The van der Waals surface area contributed by atoms with Gasteiger partial charge in [0.2, 0.25) is 5.91 Å². The zero-order chi connectivity index (χ0) is 12.3. The molecule has 1 saturated carbocycles. The van der Waals surface area contributed by atoms with E-state index in [1.54, 1.807) is 12.1 Å². The highest BCUT2D eigenvalue weighted by Gasteiger charge is 2.20. The fourth-order valence-corrected chi connectivity index (χ4v) is 1.85. The van der Waals surface area contributed by atoms with Crippen LogP contribution in [-0.2, 0) is 4.79 Å². The Balaban J connectivity index is 1.77. The molecule has 92 valence electrons. The van der Waals surface area contributed by atoms with Crippen molar-refractivity contribution in [2.45, 2.75) is 25.3 Å². The third-order valence-corrected chi connectivity index (χ3v) is 3.17. The molecule has 1 aliphatic carbocycles. The van der Waals surface area contributed by atoms with Crippen molar-refractivity contribution in [2.24, 2.45) is 0 Å². The van der Waals surface area contributed by atoms with Crippen LogP contribution in [0.1, 0.15) is 19.3 Å². The van der Waals surface area contributed by atoms with Crippen LogP contribution in [0.2, 0.25) is 0 Å². The van der Waals surface area contributed by atoms with Gasteiger partial charge in [-0.1, -0.05) is 0 Å². The molecule has 0 saturated heterocycles. The fraction of sp³-hybridized carbons (Fsp3) is 0.417. The van der Waals surface area contributed by atoms with Crippen molar-refractivity contribution < 1.29 is 9.18 Å². The van der Waals surface area contributed by atoms with Crippen molar-refractivity contribution in [1.29, 1.82) is 0 Å². The smallest absolute Gasteiger partial charge is 0.225 e. The lowest BCUT2D eigenvalue weighted by Crippen LogP contribution is -2.23. The predicted octanol–water partition coefficient (Wildman–Crippen LogP) is 2.67. The summed E-state index contributed by atoms with van der Waals surface area (Å²) in [5.41, 5.74) is 0.606. The summed E-state index contributed by atoms with van der Waals surface area (Å²) in [6, 6.07) is 5.04. The second-order valence-corrected chi connectivity index (χ2v) is 5.01. The van der Waals surface area contributed by atoms with E-state index in [1.807, 2.05) is 0 Å². The lowest BCUT2D eigenvalue weighted by atomic mass is 10.3. The monoisotopic (exact) mass is 300 g/mol. The molecule has 17 heavy (non-hydrogen) atoms. The average Bonchev–Trinajstić information content (AvgIpc) is 3.07. The molecular formula is C12H14BrFN2O. The van der Waals surface area contributed by atoms with E-state index in [-0.39, 0.29) is 11.7 Å². The van der Waals surface area contributed by atoms with Gasteiger partial charge in [0.1, 0.15) is 5.82 Å². The van der Waals surface area contributed by atoms with Crippen LogP contribution in [0.3, 0.4) is 0 Å². The van der Waals surface area contributed by atoms with Gasteiger partial charge in [-0.2, -0.15) is 0 Å². The van der Waals surface area contributed by atoms with Crippen molar-refractivity contribution in [3.8, 4) is 0 Å². The first kappa shape index (κ1) is 12.5. The Kier molecular flexibility index (Phi) is 4.12. The number of hydrogen-bond donors (Lipinski definition) is 2. The van der Waals surface area contributed by atoms with Crippen LogP contribution in [0.15, 0.2) is 22.7 Å². The molecule has 0 aliphatic heterocycles. The molecule has 2 rings (SSSR count). The Morgan fingerprint density at radius 3 is 2.88 bits per heavy atom. The number of carbonyl (C=O) groups excluding carboxylic acids is 1. The normalized spacial score (nSPS) is 14.7. The van der Waals surface area contributed by atoms with E-state index < -0.39 is 0 Å². The van der Waals surface area contributed by atoms with Gasteiger partial charge >= 0.3 is 0 Å². The van der Waals surface area contributed by atoms with Gasteiger partial charge in [-0.25, -0.2) is 4.39 Å². The van der Waals surface area contributed by atoms with Crippen molar-refractivity contribution >= 4 is 27.5 Å². The molecule has 0 radical (unpaired) electrons. The molecule has 0 unspecified atom stereocenters. The average molecular weight is 301 g/mol. The molecule has 1 fully saturated rings. The lowest BCUT2D eigenvalue weighted by molar-refractivity contribution is -0.116. The first-order valence-electron chi connectivity index (χ1n) is 5.63. The molecule has 0 atom stereocenters. The number of hydrogen-bond acceptors (Lipinski definition) is 2. The van der Waals surface area contributed by atoms with Crippen molar-refractivity contribution in [2.75, 3.05) is 11.9 Å². The summed E-state index contributed by atoms with van der Waals surface area (Å²) in [4.78, 5) is 11.6. The molecule has 1 aromatic rings. The van der Waals surface area contributed by atoms with Crippen LogP contribution < -0.4 is 10.6 Å². The number of anilines is 1. The van der Waals surface area contributed by atoms with Gasteiger partial charge in [-0.05, 0) is 47.0 Å². The van der Waals surface area contributed by atoms with E-state index in [9.17, 15) is 9.18 Å². The third kappa shape index (κ3) is 4.09. The molecule has 5 heteroatoms. The summed E-state index contributed by atoms with van der Waals surface area (Å²) < 4.78 is 13.3. The van der Waals surface area contributed by atoms with Crippen LogP contribution in [0.4, 0.5) is 10.1 Å². The number of rotatable bonds is 5. The minimum Gasteiger partial charge on any atom is -0.326 e. The van der Waals surface area contributed by atoms with Crippen LogP contribution in [-0.4, -0.2) is 18.5 Å². The van der Waals surface area contributed by atoms with Crippen LogP contribution in [0, 0.1) is 5.82 Å². The molecule has 1 aromatic carbocycles. The van der Waals surface area contributed by atoms with E-state index in [0.29, 0.717) is 29.2 Å². The number of amides is 1. The zero-order valence-corrected chi connectivity index (χ0v) is 10.9. The van der Waals surface area contributed by atoms with E-state index in [2.05, 4.69) is 26.6 Å². The summed E-state index contributed by atoms with van der Waals surface area (Å²) in [6.07, 6.45) is 2.87. The molecule has 2 N–H and O–H groups in total. The minimum atomic E-state index is -0.335. The van der Waals surface area contributed by atoms with Crippen molar-refractivity contribution in [3.05, 3.63) is 28.5 Å². The van der Waals surface area contributed by atoms with Gasteiger partial charge in [0.05, 0.1) is 4.47 Å².